The van der Waals surface area contributed by atoms with Crippen LogP contribution >= 0.6 is 27.5 Å². The molecular formula is C11H16BrClN2. The van der Waals surface area contributed by atoms with Crippen molar-refractivity contribution in [3.8, 4) is 0 Å². The van der Waals surface area contributed by atoms with Crippen LogP contribution in [0.15, 0.2) is 22.7 Å². The van der Waals surface area contributed by atoms with E-state index in [0.717, 1.165) is 35.6 Å². The molecule has 0 heterocycles. The molecule has 0 bridgehead atoms. The fourth-order valence-corrected chi connectivity index (χ4v) is 2.27. The Bertz CT molecular complexity index is 284. The first-order valence-electron chi connectivity index (χ1n) is 5.02. The summed E-state index contributed by atoms with van der Waals surface area (Å²) < 4.78 is 1.03. The standard InChI is InChI=1S/C11H16BrClN2/c1-14-3-2-4-15-8-9-5-10(12)7-11(13)6-9/h5-7,14-15H,2-4,8H2,1H3. The lowest BCUT2D eigenvalue weighted by molar-refractivity contribution is 0.625. The van der Waals surface area contributed by atoms with Crippen LogP contribution in [0.3, 0.4) is 0 Å². The summed E-state index contributed by atoms with van der Waals surface area (Å²) in [6.45, 7) is 2.93. The van der Waals surface area contributed by atoms with Gasteiger partial charge in [0.25, 0.3) is 0 Å². The van der Waals surface area contributed by atoms with Crippen molar-refractivity contribution in [3.05, 3.63) is 33.3 Å². The van der Waals surface area contributed by atoms with E-state index in [2.05, 4.69) is 32.6 Å². The first-order chi connectivity index (χ1) is 7.22. The molecule has 0 saturated heterocycles. The molecule has 0 fully saturated rings. The molecule has 4 heteroatoms. The Labute approximate surface area is 105 Å². The summed E-state index contributed by atoms with van der Waals surface area (Å²) in [7, 11) is 1.97. The molecule has 0 unspecified atom stereocenters. The molecule has 2 nitrogen and oxygen atoms in total. The molecule has 0 amide bonds. The van der Waals surface area contributed by atoms with Gasteiger partial charge in [0.2, 0.25) is 0 Å². The second-order valence-corrected chi connectivity index (χ2v) is 4.76. The molecular weight excluding hydrogens is 275 g/mol. The minimum Gasteiger partial charge on any atom is -0.320 e. The third-order valence-electron chi connectivity index (χ3n) is 2.03. The fourth-order valence-electron chi connectivity index (χ4n) is 1.34. The summed E-state index contributed by atoms with van der Waals surface area (Å²) in [5.74, 6) is 0. The second kappa shape index (κ2) is 7.23. The van der Waals surface area contributed by atoms with Crippen molar-refractivity contribution in [1.82, 2.24) is 10.6 Å². The summed E-state index contributed by atoms with van der Waals surface area (Å²) >= 11 is 9.37. The average Bonchev–Trinajstić information content (AvgIpc) is 2.16. The van der Waals surface area contributed by atoms with Crippen LogP contribution in [-0.4, -0.2) is 20.1 Å². The Kier molecular flexibility index (Phi) is 6.25. The maximum absolute atomic E-state index is 5.94. The van der Waals surface area contributed by atoms with Crippen LogP contribution < -0.4 is 10.6 Å². The van der Waals surface area contributed by atoms with Gasteiger partial charge in [-0.25, -0.2) is 0 Å². The van der Waals surface area contributed by atoms with Crippen molar-refractivity contribution in [2.24, 2.45) is 0 Å². The van der Waals surface area contributed by atoms with Crippen molar-refractivity contribution in [1.29, 1.82) is 0 Å². The average molecular weight is 292 g/mol. The number of nitrogens with one attached hydrogen (secondary N) is 2. The van der Waals surface area contributed by atoms with E-state index in [1.54, 1.807) is 0 Å². The number of benzene rings is 1. The number of hydrogen-bond donors (Lipinski definition) is 2. The molecule has 2 N–H and O–H groups in total. The topological polar surface area (TPSA) is 24.1 Å². The molecule has 0 aromatic heterocycles. The quantitative estimate of drug-likeness (QED) is 0.788. The molecule has 0 saturated carbocycles. The molecule has 84 valence electrons. The summed E-state index contributed by atoms with van der Waals surface area (Å²) in [5.41, 5.74) is 1.21. The van der Waals surface area contributed by atoms with Gasteiger partial charge in [0.05, 0.1) is 0 Å². The van der Waals surface area contributed by atoms with Gasteiger partial charge in [0.1, 0.15) is 0 Å². The highest BCUT2D eigenvalue weighted by Gasteiger charge is 1.97. The van der Waals surface area contributed by atoms with Gasteiger partial charge in [-0.3, -0.25) is 0 Å². The molecule has 0 radical (unpaired) electrons. The van der Waals surface area contributed by atoms with E-state index >= 15 is 0 Å². The van der Waals surface area contributed by atoms with Gasteiger partial charge in [-0.1, -0.05) is 27.5 Å². The first-order valence-corrected chi connectivity index (χ1v) is 6.20. The molecule has 1 rings (SSSR count). The van der Waals surface area contributed by atoms with Crippen LogP contribution in [0.25, 0.3) is 0 Å². The van der Waals surface area contributed by atoms with Crippen LogP contribution in [0, 0.1) is 0 Å². The minimum absolute atomic E-state index is 0.774. The first kappa shape index (κ1) is 13.0. The molecule has 0 aliphatic rings. The molecule has 15 heavy (non-hydrogen) atoms. The van der Waals surface area contributed by atoms with Gasteiger partial charge in [0.15, 0.2) is 0 Å². The minimum atomic E-state index is 0.774. The van der Waals surface area contributed by atoms with Crippen LogP contribution in [0.4, 0.5) is 0 Å². The van der Waals surface area contributed by atoms with Crippen molar-refractivity contribution in [2.45, 2.75) is 13.0 Å². The maximum Gasteiger partial charge on any atom is 0.0420 e. The smallest absolute Gasteiger partial charge is 0.0420 e. The zero-order valence-corrected chi connectivity index (χ0v) is 11.2. The molecule has 1 aromatic carbocycles. The molecule has 0 aliphatic carbocycles. The summed E-state index contributed by atoms with van der Waals surface area (Å²) in [5, 5.41) is 7.26. The van der Waals surface area contributed by atoms with Crippen LogP contribution in [-0.2, 0) is 6.54 Å². The predicted molar refractivity (Wildman–Crippen MR) is 69.4 cm³/mol. The van der Waals surface area contributed by atoms with Crippen LogP contribution in [0.1, 0.15) is 12.0 Å². The SMILES string of the molecule is CNCCCNCc1cc(Cl)cc(Br)c1. The Hall–Kier alpha value is -0.0900. The largest absolute Gasteiger partial charge is 0.320 e. The van der Waals surface area contributed by atoms with Crippen LogP contribution in [0.5, 0.6) is 0 Å². The van der Waals surface area contributed by atoms with Gasteiger partial charge in [0, 0.05) is 16.0 Å². The van der Waals surface area contributed by atoms with Crippen molar-refractivity contribution in [2.75, 3.05) is 20.1 Å². The lowest BCUT2D eigenvalue weighted by Crippen LogP contribution is -2.19. The van der Waals surface area contributed by atoms with E-state index < -0.39 is 0 Å². The molecule has 0 spiro atoms. The van der Waals surface area contributed by atoms with Gasteiger partial charge >= 0.3 is 0 Å². The van der Waals surface area contributed by atoms with E-state index in [-0.39, 0.29) is 0 Å². The van der Waals surface area contributed by atoms with E-state index in [0.29, 0.717) is 0 Å². The Balaban J connectivity index is 2.31. The van der Waals surface area contributed by atoms with E-state index in [1.807, 2.05) is 19.2 Å². The van der Waals surface area contributed by atoms with Gasteiger partial charge in [-0.15, -0.1) is 0 Å². The summed E-state index contributed by atoms with van der Waals surface area (Å²) in [4.78, 5) is 0. The lowest BCUT2D eigenvalue weighted by atomic mass is 10.2. The van der Waals surface area contributed by atoms with Crippen LogP contribution in [0.2, 0.25) is 5.02 Å². The second-order valence-electron chi connectivity index (χ2n) is 3.41. The Morgan fingerprint density at radius 3 is 2.73 bits per heavy atom. The third kappa shape index (κ3) is 5.52. The zero-order chi connectivity index (χ0) is 11.1. The van der Waals surface area contributed by atoms with E-state index in [4.69, 9.17) is 11.6 Å². The van der Waals surface area contributed by atoms with Gasteiger partial charge < -0.3 is 10.6 Å². The van der Waals surface area contributed by atoms with Gasteiger partial charge in [-0.05, 0) is 50.3 Å². The Morgan fingerprint density at radius 1 is 1.27 bits per heavy atom. The number of hydrogen-bond acceptors (Lipinski definition) is 2. The number of rotatable bonds is 6. The van der Waals surface area contributed by atoms with E-state index in [9.17, 15) is 0 Å². The lowest BCUT2D eigenvalue weighted by Gasteiger charge is -2.05. The molecule has 0 atom stereocenters. The highest BCUT2D eigenvalue weighted by Crippen LogP contribution is 2.19. The zero-order valence-electron chi connectivity index (χ0n) is 8.82. The third-order valence-corrected chi connectivity index (χ3v) is 2.71. The maximum atomic E-state index is 5.94. The Morgan fingerprint density at radius 2 is 2.07 bits per heavy atom. The monoisotopic (exact) mass is 290 g/mol. The predicted octanol–water partition coefficient (Wildman–Crippen LogP) is 2.80. The van der Waals surface area contributed by atoms with Crippen molar-refractivity contribution >= 4 is 27.5 Å². The molecule has 0 aliphatic heterocycles. The number of halogens is 2. The fraction of sp³-hybridized carbons (Fsp3) is 0.455. The van der Waals surface area contributed by atoms with Gasteiger partial charge in [-0.2, -0.15) is 0 Å². The highest BCUT2D eigenvalue weighted by molar-refractivity contribution is 9.10. The van der Waals surface area contributed by atoms with Crippen molar-refractivity contribution < 1.29 is 0 Å². The molecule has 1 aromatic rings. The summed E-state index contributed by atoms with van der Waals surface area (Å²) in [6, 6.07) is 5.96. The highest BCUT2D eigenvalue weighted by atomic mass is 79.9. The summed E-state index contributed by atoms with van der Waals surface area (Å²) in [6.07, 6.45) is 1.14. The van der Waals surface area contributed by atoms with Crippen molar-refractivity contribution in [3.63, 3.8) is 0 Å². The van der Waals surface area contributed by atoms with E-state index in [1.165, 1.54) is 5.56 Å². The normalized spacial score (nSPS) is 10.6.